The maximum atomic E-state index is 11.9. The minimum Gasteiger partial charge on any atom is -0.464 e. The zero-order valence-corrected chi connectivity index (χ0v) is 10.3. The molecule has 0 aliphatic heterocycles. The van der Waals surface area contributed by atoms with Crippen LogP contribution in [0.1, 0.15) is 20.8 Å². The van der Waals surface area contributed by atoms with Crippen LogP contribution >= 0.6 is 0 Å². The van der Waals surface area contributed by atoms with Crippen LogP contribution in [0.2, 0.25) is 0 Å². The monoisotopic (exact) mass is 256 g/mol. The molecule has 0 saturated carbocycles. The maximum Gasteiger partial charge on any atom is 0.356 e. The summed E-state index contributed by atoms with van der Waals surface area (Å²) in [5, 5.41) is 2.62. The van der Waals surface area contributed by atoms with E-state index in [0.717, 1.165) is 0 Å². The van der Waals surface area contributed by atoms with Gasteiger partial charge in [0.2, 0.25) is 0 Å². The Labute approximate surface area is 110 Å². The topological polar surface area (TPSA) is 68.3 Å². The molecule has 0 saturated heterocycles. The summed E-state index contributed by atoms with van der Waals surface area (Å²) in [4.78, 5) is 27.2. The number of ether oxygens (including phenoxy) is 1. The number of esters is 1. The van der Waals surface area contributed by atoms with Gasteiger partial charge < -0.3 is 10.1 Å². The van der Waals surface area contributed by atoms with Crippen molar-refractivity contribution in [3.05, 3.63) is 59.8 Å². The van der Waals surface area contributed by atoms with E-state index in [1.54, 1.807) is 36.4 Å². The summed E-state index contributed by atoms with van der Waals surface area (Å²) < 4.78 is 4.57. The number of rotatable bonds is 3. The third kappa shape index (κ3) is 3.16. The fraction of sp³-hybridized carbons (Fsp3) is 0.0714. The first-order chi connectivity index (χ1) is 9.20. The van der Waals surface area contributed by atoms with Crippen LogP contribution in [-0.4, -0.2) is 24.0 Å². The Bertz CT molecular complexity index is 597. The van der Waals surface area contributed by atoms with Crippen LogP contribution in [0, 0.1) is 0 Å². The Morgan fingerprint density at radius 1 is 1.05 bits per heavy atom. The van der Waals surface area contributed by atoms with Gasteiger partial charge in [0.05, 0.1) is 7.11 Å². The molecule has 0 radical (unpaired) electrons. The average molecular weight is 256 g/mol. The van der Waals surface area contributed by atoms with Crippen LogP contribution in [-0.2, 0) is 4.74 Å². The molecular formula is C14H12N2O3. The smallest absolute Gasteiger partial charge is 0.356 e. The molecule has 0 bridgehead atoms. The summed E-state index contributed by atoms with van der Waals surface area (Å²) in [5.74, 6) is -0.525. The van der Waals surface area contributed by atoms with Crippen molar-refractivity contribution in [3.63, 3.8) is 0 Å². The number of anilines is 1. The predicted molar refractivity (Wildman–Crippen MR) is 70.0 cm³/mol. The van der Waals surface area contributed by atoms with Crippen LogP contribution in [0.4, 0.5) is 5.82 Å². The van der Waals surface area contributed by atoms with Gasteiger partial charge >= 0.3 is 5.97 Å². The van der Waals surface area contributed by atoms with E-state index in [1.807, 2.05) is 6.07 Å². The first-order valence-corrected chi connectivity index (χ1v) is 5.62. The molecule has 0 fully saturated rings. The fourth-order valence-corrected chi connectivity index (χ4v) is 1.50. The second-order valence-electron chi connectivity index (χ2n) is 3.72. The van der Waals surface area contributed by atoms with Gasteiger partial charge in [-0.15, -0.1) is 0 Å². The van der Waals surface area contributed by atoms with Crippen molar-refractivity contribution in [1.82, 2.24) is 4.98 Å². The third-order valence-electron chi connectivity index (χ3n) is 2.42. The molecule has 2 rings (SSSR count). The minimum absolute atomic E-state index is 0.147. The molecule has 0 unspecified atom stereocenters. The van der Waals surface area contributed by atoms with Gasteiger partial charge in [0.15, 0.2) is 5.69 Å². The second kappa shape index (κ2) is 5.77. The van der Waals surface area contributed by atoms with E-state index in [9.17, 15) is 9.59 Å². The van der Waals surface area contributed by atoms with Gasteiger partial charge in [0.25, 0.3) is 5.91 Å². The van der Waals surface area contributed by atoms with Crippen molar-refractivity contribution in [2.24, 2.45) is 0 Å². The summed E-state index contributed by atoms with van der Waals surface area (Å²) in [6.45, 7) is 0. The van der Waals surface area contributed by atoms with Crippen LogP contribution in [0.15, 0.2) is 48.5 Å². The molecule has 0 aliphatic rings. The molecule has 1 N–H and O–H groups in total. The summed E-state index contributed by atoms with van der Waals surface area (Å²) in [5.41, 5.74) is 0.668. The van der Waals surface area contributed by atoms with E-state index in [2.05, 4.69) is 15.0 Å². The lowest BCUT2D eigenvalue weighted by atomic mass is 10.2. The second-order valence-corrected chi connectivity index (χ2v) is 3.72. The Kier molecular flexibility index (Phi) is 3.87. The van der Waals surface area contributed by atoms with Gasteiger partial charge in [0.1, 0.15) is 5.82 Å². The van der Waals surface area contributed by atoms with E-state index in [1.165, 1.54) is 13.2 Å². The lowest BCUT2D eigenvalue weighted by molar-refractivity contribution is 0.0594. The number of pyridine rings is 1. The fourth-order valence-electron chi connectivity index (χ4n) is 1.50. The SMILES string of the molecule is COC(=O)c1cccc(NC(=O)c2ccccc2)n1. The van der Waals surface area contributed by atoms with E-state index >= 15 is 0 Å². The average Bonchev–Trinajstić information content (AvgIpc) is 2.47. The molecule has 1 aromatic carbocycles. The molecule has 96 valence electrons. The van der Waals surface area contributed by atoms with E-state index < -0.39 is 5.97 Å². The molecule has 1 heterocycles. The van der Waals surface area contributed by atoms with Crippen LogP contribution in [0.3, 0.4) is 0 Å². The highest BCUT2D eigenvalue weighted by Crippen LogP contribution is 2.08. The lowest BCUT2D eigenvalue weighted by Crippen LogP contribution is -2.14. The molecule has 5 nitrogen and oxygen atoms in total. The predicted octanol–water partition coefficient (Wildman–Crippen LogP) is 2.12. The number of hydrogen-bond donors (Lipinski definition) is 1. The lowest BCUT2D eigenvalue weighted by Gasteiger charge is -2.05. The summed E-state index contributed by atoms with van der Waals surface area (Å²) in [6, 6.07) is 13.5. The highest BCUT2D eigenvalue weighted by molar-refractivity contribution is 6.03. The molecule has 0 spiro atoms. The number of methoxy groups -OCH3 is 1. The van der Waals surface area contributed by atoms with Crippen molar-refractivity contribution < 1.29 is 14.3 Å². The highest BCUT2D eigenvalue weighted by atomic mass is 16.5. The molecular weight excluding hydrogens is 244 g/mol. The van der Waals surface area contributed by atoms with Gasteiger partial charge in [0, 0.05) is 5.56 Å². The quantitative estimate of drug-likeness (QED) is 0.854. The highest BCUT2D eigenvalue weighted by Gasteiger charge is 2.10. The summed E-state index contributed by atoms with van der Waals surface area (Å²) in [7, 11) is 1.28. The van der Waals surface area contributed by atoms with Gasteiger partial charge in [-0.3, -0.25) is 4.79 Å². The summed E-state index contributed by atoms with van der Waals surface area (Å²) >= 11 is 0. The number of carbonyl (C=O) groups excluding carboxylic acids is 2. The molecule has 19 heavy (non-hydrogen) atoms. The molecule has 0 atom stereocenters. The Hall–Kier alpha value is -2.69. The van der Waals surface area contributed by atoms with Gasteiger partial charge in [-0.1, -0.05) is 24.3 Å². The first-order valence-electron chi connectivity index (χ1n) is 5.62. The van der Waals surface area contributed by atoms with Gasteiger partial charge in [-0.25, -0.2) is 9.78 Å². The third-order valence-corrected chi connectivity index (χ3v) is 2.42. The van der Waals surface area contributed by atoms with Crippen molar-refractivity contribution in [2.45, 2.75) is 0 Å². The van der Waals surface area contributed by atoms with E-state index in [4.69, 9.17) is 0 Å². The van der Waals surface area contributed by atoms with Gasteiger partial charge in [-0.2, -0.15) is 0 Å². The van der Waals surface area contributed by atoms with Crippen molar-refractivity contribution >= 4 is 17.7 Å². The van der Waals surface area contributed by atoms with Crippen molar-refractivity contribution in [2.75, 3.05) is 12.4 Å². The van der Waals surface area contributed by atoms with E-state index in [0.29, 0.717) is 11.4 Å². The van der Waals surface area contributed by atoms with E-state index in [-0.39, 0.29) is 11.6 Å². The number of nitrogens with zero attached hydrogens (tertiary/aromatic N) is 1. The molecule has 1 amide bonds. The standard InChI is InChI=1S/C14H12N2O3/c1-19-14(18)11-8-5-9-12(15-11)16-13(17)10-6-3-2-4-7-10/h2-9H,1H3,(H,15,16,17). The Morgan fingerprint density at radius 2 is 1.79 bits per heavy atom. The number of aromatic nitrogens is 1. The maximum absolute atomic E-state index is 11.9. The van der Waals surface area contributed by atoms with Crippen LogP contribution in [0.5, 0.6) is 0 Å². The number of carbonyl (C=O) groups is 2. The van der Waals surface area contributed by atoms with Crippen LogP contribution in [0.25, 0.3) is 0 Å². The van der Waals surface area contributed by atoms with Gasteiger partial charge in [-0.05, 0) is 24.3 Å². The normalized spacial score (nSPS) is 9.74. The van der Waals surface area contributed by atoms with Crippen molar-refractivity contribution in [3.8, 4) is 0 Å². The molecule has 0 aliphatic carbocycles. The summed E-state index contributed by atoms with van der Waals surface area (Å²) in [6.07, 6.45) is 0. The number of nitrogens with one attached hydrogen (secondary N) is 1. The number of benzene rings is 1. The number of amides is 1. The molecule has 2 aromatic rings. The molecule has 5 heteroatoms. The minimum atomic E-state index is -0.546. The van der Waals surface area contributed by atoms with Crippen LogP contribution < -0.4 is 5.32 Å². The number of hydrogen-bond acceptors (Lipinski definition) is 4. The molecule has 1 aromatic heterocycles. The Balaban J connectivity index is 2.16. The zero-order chi connectivity index (χ0) is 13.7. The largest absolute Gasteiger partial charge is 0.464 e. The zero-order valence-electron chi connectivity index (χ0n) is 10.3. The Morgan fingerprint density at radius 3 is 2.47 bits per heavy atom. The van der Waals surface area contributed by atoms with Crippen molar-refractivity contribution in [1.29, 1.82) is 0 Å². The first kappa shape index (κ1) is 12.8.